The highest BCUT2D eigenvalue weighted by Crippen LogP contribution is 2.29. The Hall–Kier alpha value is -2.00. The molecular weight excluding hydrogens is 370 g/mol. The molecule has 0 aliphatic rings. The number of benzene rings is 2. The summed E-state index contributed by atoms with van der Waals surface area (Å²) in [5, 5.41) is 0. The molecule has 0 unspecified atom stereocenters. The van der Waals surface area contributed by atoms with Gasteiger partial charge in [0.25, 0.3) is 0 Å². The molecule has 0 atom stereocenters. The van der Waals surface area contributed by atoms with Crippen LogP contribution in [0.2, 0.25) is 0 Å². The number of unbranched alkanes of at least 4 members (excludes halogenated alkanes) is 6. The quantitative estimate of drug-likeness (QED) is 0.272. The Bertz CT molecular complexity index is 687. The Morgan fingerprint density at radius 1 is 0.633 bits per heavy atom. The van der Waals surface area contributed by atoms with Crippen LogP contribution in [0, 0.1) is 0 Å². The average molecular weight is 412 g/mol. The van der Waals surface area contributed by atoms with Gasteiger partial charge in [-0.3, -0.25) is 4.90 Å². The van der Waals surface area contributed by atoms with Crippen LogP contribution in [0.25, 0.3) is 0 Å². The maximum atomic E-state index is 6.16. The van der Waals surface area contributed by atoms with Crippen LogP contribution in [0.3, 0.4) is 0 Å². The van der Waals surface area contributed by atoms with Crippen molar-refractivity contribution in [3.63, 3.8) is 0 Å². The second-order valence-corrected chi connectivity index (χ2v) is 8.26. The molecule has 0 aliphatic carbocycles. The van der Waals surface area contributed by atoms with Crippen LogP contribution in [0.1, 0.15) is 76.3 Å². The first-order chi connectivity index (χ1) is 14.7. The minimum Gasteiger partial charge on any atom is -0.490 e. The maximum absolute atomic E-state index is 6.16. The summed E-state index contributed by atoms with van der Waals surface area (Å²) in [5.74, 6) is 1.78. The van der Waals surface area contributed by atoms with Gasteiger partial charge in [0, 0.05) is 13.1 Å². The van der Waals surface area contributed by atoms with E-state index in [1.807, 2.05) is 0 Å². The molecule has 0 bridgehead atoms. The van der Waals surface area contributed by atoms with Crippen LogP contribution in [-0.2, 0) is 13.1 Å². The molecule has 0 heterocycles. The first-order valence-corrected chi connectivity index (χ1v) is 11.8. The van der Waals surface area contributed by atoms with Crippen LogP contribution in [0.15, 0.2) is 48.5 Å². The van der Waals surface area contributed by atoms with Crippen LogP contribution < -0.4 is 9.47 Å². The van der Waals surface area contributed by atoms with Gasteiger partial charge in [-0.1, -0.05) is 88.8 Å². The SMILES string of the molecule is CCCCCCOc1ccc(CN(C)Cc2ccccc2)cc1OCCCCCC. The van der Waals surface area contributed by atoms with Crippen LogP contribution in [-0.4, -0.2) is 25.2 Å². The Balaban J connectivity index is 1.95. The molecule has 0 saturated carbocycles. The minimum absolute atomic E-state index is 0.759. The lowest BCUT2D eigenvalue weighted by Gasteiger charge is -2.19. The predicted molar refractivity (Wildman–Crippen MR) is 127 cm³/mol. The van der Waals surface area contributed by atoms with Crippen molar-refractivity contribution in [1.82, 2.24) is 4.90 Å². The summed E-state index contributed by atoms with van der Waals surface area (Å²) in [6, 6.07) is 17.0. The molecule has 0 amide bonds. The molecule has 3 nitrogen and oxygen atoms in total. The van der Waals surface area contributed by atoms with Gasteiger partial charge in [-0.25, -0.2) is 0 Å². The van der Waals surface area contributed by atoms with E-state index in [0.717, 1.165) is 50.6 Å². The molecule has 0 aliphatic heterocycles. The fraction of sp³-hybridized carbons (Fsp3) is 0.556. The molecule has 3 heteroatoms. The maximum Gasteiger partial charge on any atom is 0.161 e. The third-order valence-corrected chi connectivity index (χ3v) is 5.27. The number of ether oxygens (including phenoxy) is 2. The van der Waals surface area contributed by atoms with E-state index < -0.39 is 0 Å². The highest BCUT2D eigenvalue weighted by molar-refractivity contribution is 5.43. The van der Waals surface area contributed by atoms with Gasteiger partial charge in [-0.15, -0.1) is 0 Å². The van der Waals surface area contributed by atoms with Crippen LogP contribution in [0.5, 0.6) is 11.5 Å². The van der Waals surface area contributed by atoms with E-state index in [0.29, 0.717) is 0 Å². The van der Waals surface area contributed by atoms with Gasteiger partial charge < -0.3 is 9.47 Å². The molecule has 166 valence electrons. The molecule has 0 radical (unpaired) electrons. The lowest BCUT2D eigenvalue weighted by atomic mass is 10.1. The summed E-state index contributed by atoms with van der Waals surface area (Å²) in [6.45, 7) is 7.82. The van der Waals surface area contributed by atoms with Gasteiger partial charge in [0.15, 0.2) is 11.5 Å². The highest BCUT2D eigenvalue weighted by Gasteiger charge is 2.09. The second-order valence-electron chi connectivity index (χ2n) is 8.26. The summed E-state index contributed by atoms with van der Waals surface area (Å²) in [5.41, 5.74) is 2.59. The van der Waals surface area contributed by atoms with Crippen molar-refractivity contribution in [1.29, 1.82) is 0 Å². The number of nitrogens with zero attached hydrogens (tertiary/aromatic N) is 1. The summed E-state index contributed by atoms with van der Waals surface area (Å²) >= 11 is 0. The molecule has 0 saturated heterocycles. The molecule has 0 spiro atoms. The Morgan fingerprint density at radius 2 is 1.23 bits per heavy atom. The van der Waals surface area contributed by atoms with Crippen LogP contribution >= 0.6 is 0 Å². The molecule has 2 rings (SSSR count). The number of hydrogen-bond donors (Lipinski definition) is 0. The van der Waals surface area contributed by atoms with E-state index in [1.165, 1.54) is 49.7 Å². The summed E-state index contributed by atoms with van der Waals surface area (Å²) in [7, 11) is 2.16. The van der Waals surface area contributed by atoms with Crippen molar-refractivity contribution in [2.75, 3.05) is 20.3 Å². The van der Waals surface area contributed by atoms with E-state index in [1.54, 1.807) is 0 Å². The van der Waals surface area contributed by atoms with E-state index >= 15 is 0 Å². The van der Waals surface area contributed by atoms with Gasteiger partial charge in [-0.05, 0) is 43.1 Å². The molecule has 30 heavy (non-hydrogen) atoms. The summed E-state index contributed by atoms with van der Waals surface area (Å²) in [6.07, 6.45) is 9.69. The van der Waals surface area contributed by atoms with Gasteiger partial charge in [0.2, 0.25) is 0 Å². The lowest BCUT2D eigenvalue weighted by molar-refractivity contribution is 0.257. The van der Waals surface area contributed by atoms with Crippen molar-refractivity contribution in [3.8, 4) is 11.5 Å². The third kappa shape index (κ3) is 9.67. The first kappa shape index (κ1) is 24.3. The van der Waals surface area contributed by atoms with E-state index in [2.05, 4.69) is 74.3 Å². The van der Waals surface area contributed by atoms with Gasteiger partial charge in [0.05, 0.1) is 13.2 Å². The van der Waals surface area contributed by atoms with E-state index in [4.69, 9.17) is 9.47 Å². The van der Waals surface area contributed by atoms with Gasteiger partial charge in [-0.2, -0.15) is 0 Å². The lowest BCUT2D eigenvalue weighted by Crippen LogP contribution is -2.17. The zero-order chi connectivity index (χ0) is 21.4. The zero-order valence-corrected chi connectivity index (χ0v) is 19.4. The highest BCUT2D eigenvalue weighted by atomic mass is 16.5. The molecule has 0 fully saturated rings. The van der Waals surface area contributed by atoms with Crippen molar-refractivity contribution < 1.29 is 9.47 Å². The van der Waals surface area contributed by atoms with Crippen molar-refractivity contribution >= 4 is 0 Å². The zero-order valence-electron chi connectivity index (χ0n) is 19.4. The summed E-state index contributed by atoms with van der Waals surface area (Å²) < 4.78 is 12.2. The fourth-order valence-electron chi connectivity index (χ4n) is 3.57. The third-order valence-electron chi connectivity index (χ3n) is 5.27. The van der Waals surface area contributed by atoms with Crippen molar-refractivity contribution in [3.05, 3.63) is 59.7 Å². The van der Waals surface area contributed by atoms with Gasteiger partial charge >= 0.3 is 0 Å². The van der Waals surface area contributed by atoms with Gasteiger partial charge in [0.1, 0.15) is 0 Å². The standard InChI is InChI=1S/C27H41NO2/c1-4-6-8-13-19-29-26-18-17-25(21-27(26)30-20-14-9-7-5-2)23-28(3)22-24-15-11-10-12-16-24/h10-12,15-18,21H,4-9,13-14,19-20,22-23H2,1-3H3. The normalized spacial score (nSPS) is 11.1. The second kappa shape index (κ2) is 14.9. The van der Waals surface area contributed by atoms with Crippen molar-refractivity contribution in [2.24, 2.45) is 0 Å². The minimum atomic E-state index is 0.759. The Labute approximate surface area is 184 Å². The topological polar surface area (TPSA) is 21.7 Å². The molecule has 0 aromatic heterocycles. The summed E-state index contributed by atoms with van der Waals surface area (Å²) in [4.78, 5) is 2.33. The number of hydrogen-bond acceptors (Lipinski definition) is 3. The van der Waals surface area contributed by atoms with E-state index in [9.17, 15) is 0 Å². The van der Waals surface area contributed by atoms with Crippen LogP contribution in [0.4, 0.5) is 0 Å². The predicted octanol–water partition coefficient (Wildman–Crippen LogP) is 7.24. The van der Waals surface area contributed by atoms with Crippen molar-refractivity contribution in [2.45, 2.75) is 78.3 Å². The smallest absolute Gasteiger partial charge is 0.161 e. The molecular formula is C27H41NO2. The Kier molecular flexibility index (Phi) is 12.1. The fourth-order valence-corrected chi connectivity index (χ4v) is 3.57. The monoisotopic (exact) mass is 411 g/mol. The molecule has 0 N–H and O–H groups in total. The first-order valence-electron chi connectivity index (χ1n) is 11.8. The Morgan fingerprint density at radius 3 is 1.87 bits per heavy atom. The largest absolute Gasteiger partial charge is 0.490 e. The molecule has 2 aromatic rings. The van der Waals surface area contributed by atoms with E-state index in [-0.39, 0.29) is 0 Å². The molecule has 2 aromatic carbocycles. The number of rotatable bonds is 16. The average Bonchev–Trinajstić information content (AvgIpc) is 2.75.